The van der Waals surface area contributed by atoms with Gasteiger partial charge < -0.3 is 15.5 Å². The first kappa shape index (κ1) is 18.7. The number of fused-ring (bicyclic) bond motifs is 4. The maximum absolute atomic E-state index is 13.6. The molecular formula is C23H23N5O2. The van der Waals surface area contributed by atoms with Crippen LogP contribution in [0.3, 0.4) is 0 Å². The van der Waals surface area contributed by atoms with Crippen molar-refractivity contribution in [3.63, 3.8) is 0 Å². The van der Waals surface area contributed by atoms with Gasteiger partial charge in [-0.25, -0.2) is 9.97 Å². The summed E-state index contributed by atoms with van der Waals surface area (Å²) < 4.78 is 0. The van der Waals surface area contributed by atoms with E-state index >= 15 is 0 Å². The van der Waals surface area contributed by atoms with Crippen molar-refractivity contribution >= 4 is 28.5 Å². The van der Waals surface area contributed by atoms with E-state index in [-0.39, 0.29) is 17.9 Å². The standard InChI is InChI=1S/C23H23N5O2/c1-13(24-2)22(29)27-19-9-8-14-5-3-6-15-17-11-26-21-16(7-4-10-25-21)18(17)12-28(20(14)15)23(19)30/h3-7,10-11,13,19,24H,8-9,12H2,1-2H3,(H,27,29). The van der Waals surface area contributed by atoms with E-state index < -0.39 is 6.04 Å². The molecule has 30 heavy (non-hydrogen) atoms. The van der Waals surface area contributed by atoms with Crippen molar-refractivity contribution in [2.24, 2.45) is 0 Å². The summed E-state index contributed by atoms with van der Waals surface area (Å²) in [6, 6.07) is 9.12. The van der Waals surface area contributed by atoms with E-state index in [1.165, 1.54) is 0 Å². The molecule has 0 aliphatic carbocycles. The molecule has 7 heteroatoms. The van der Waals surface area contributed by atoms with Crippen molar-refractivity contribution in [2.45, 2.75) is 38.4 Å². The predicted molar refractivity (Wildman–Crippen MR) is 115 cm³/mol. The number of pyridine rings is 2. The van der Waals surface area contributed by atoms with Crippen LogP contribution in [0.25, 0.3) is 22.2 Å². The molecule has 3 aromatic rings. The van der Waals surface area contributed by atoms with Crippen molar-refractivity contribution in [3.8, 4) is 11.1 Å². The lowest BCUT2D eigenvalue weighted by molar-refractivity contribution is -0.128. The van der Waals surface area contributed by atoms with Crippen LogP contribution in [0, 0.1) is 0 Å². The van der Waals surface area contributed by atoms with Gasteiger partial charge in [0.05, 0.1) is 18.3 Å². The molecule has 0 bridgehead atoms. The summed E-state index contributed by atoms with van der Waals surface area (Å²) >= 11 is 0. The van der Waals surface area contributed by atoms with Crippen LogP contribution in [-0.2, 0) is 22.6 Å². The number of benzene rings is 1. The number of anilines is 1. The van der Waals surface area contributed by atoms with E-state index in [0.29, 0.717) is 18.6 Å². The molecule has 7 nitrogen and oxygen atoms in total. The Balaban J connectivity index is 1.62. The zero-order chi connectivity index (χ0) is 20.8. The first-order valence-corrected chi connectivity index (χ1v) is 10.2. The van der Waals surface area contributed by atoms with Gasteiger partial charge in [-0.3, -0.25) is 9.59 Å². The quantitative estimate of drug-likeness (QED) is 0.703. The second-order valence-electron chi connectivity index (χ2n) is 7.87. The highest BCUT2D eigenvalue weighted by molar-refractivity contribution is 6.07. The number of likely N-dealkylation sites (N-methyl/N-ethyl adjacent to an activating group) is 1. The number of carbonyl (C=O) groups excluding carboxylic acids is 2. The van der Waals surface area contributed by atoms with Crippen molar-refractivity contribution in [1.82, 2.24) is 20.6 Å². The van der Waals surface area contributed by atoms with Crippen LogP contribution in [0.2, 0.25) is 0 Å². The fourth-order valence-corrected chi connectivity index (χ4v) is 4.41. The van der Waals surface area contributed by atoms with Gasteiger partial charge in [-0.15, -0.1) is 0 Å². The van der Waals surface area contributed by atoms with Crippen LogP contribution in [0.1, 0.15) is 24.5 Å². The van der Waals surface area contributed by atoms with Crippen LogP contribution in [0.15, 0.2) is 42.7 Å². The molecule has 2 aliphatic heterocycles. The second-order valence-corrected chi connectivity index (χ2v) is 7.87. The van der Waals surface area contributed by atoms with Crippen LogP contribution in [-0.4, -0.2) is 40.9 Å². The van der Waals surface area contributed by atoms with Crippen molar-refractivity contribution in [3.05, 3.63) is 53.9 Å². The topological polar surface area (TPSA) is 87.2 Å². The molecule has 2 unspecified atom stereocenters. The number of nitrogens with zero attached hydrogens (tertiary/aromatic N) is 3. The molecule has 2 atom stereocenters. The Morgan fingerprint density at radius 3 is 2.90 bits per heavy atom. The highest BCUT2D eigenvalue weighted by atomic mass is 16.2. The van der Waals surface area contributed by atoms with E-state index in [4.69, 9.17) is 0 Å². The van der Waals surface area contributed by atoms with Crippen LogP contribution in [0.4, 0.5) is 5.69 Å². The Kier molecular flexibility index (Phi) is 4.47. The Morgan fingerprint density at radius 1 is 1.20 bits per heavy atom. The summed E-state index contributed by atoms with van der Waals surface area (Å²) in [6.45, 7) is 2.23. The van der Waals surface area contributed by atoms with Gasteiger partial charge in [0.25, 0.3) is 0 Å². The van der Waals surface area contributed by atoms with E-state index in [1.54, 1.807) is 20.2 Å². The lowest BCUT2D eigenvalue weighted by Crippen LogP contribution is -2.52. The monoisotopic (exact) mass is 401 g/mol. The molecule has 2 N–H and O–H groups in total. The van der Waals surface area contributed by atoms with E-state index in [2.05, 4.69) is 26.7 Å². The number of para-hydroxylation sites is 1. The van der Waals surface area contributed by atoms with Gasteiger partial charge in [0.2, 0.25) is 11.8 Å². The molecule has 4 heterocycles. The Hall–Kier alpha value is -3.32. The Labute approximate surface area is 174 Å². The summed E-state index contributed by atoms with van der Waals surface area (Å²) in [4.78, 5) is 36.8. The third kappa shape index (κ3) is 2.85. The number of hydrogen-bond acceptors (Lipinski definition) is 5. The normalized spacial score (nSPS) is 18.4. The first-order chi connectivity index (χ1) is 14.6. The molecule has 0 spiro atoms. The van der Waals surface area contributed by atoms with Crippen molar-refractivity contribution in [1.29, 1.82) is 0 Å². The van der Waals surface area contributed by atoms with Crippen molar-refractivity contribution < 1.29 is 9.59 Å². The molecule has 0 fully saturated rings. The maximum atomic E-state index is 13.6. The fraction of sp³-hybridized carbons (Fsp3) is 0.304. The summed E-state index contributed by atoms with van der Waals surface area (Å²) in [7, 11) is 1.73. The minimum atomic E-state index is -0.554. The van der Waals surface area contributed by atoms with Crippen molar-refractivity contribution in [2.75, 3.05) is 11.9 Å². The van der Waals surface area contributed by atoms with Crippen LogP contribution >= 0.6 is 0 Å². The molecular weight excluding hydrogens is 378 g/mol. The lowest BCUT2D eigenvalue weighted by Gasteiger charge is -2.33. The van der Waals surface area contributed by atoms with Gasteiger partial charge in [-0.1, -0.05) is 18.2 Å². The lowest BCUT2D eigenvalue weighted by atomic mass is 9.90. The maximum Gasteiger partial charge on any atom is 0.249 e. The molecule has 2 aliphatic rings. The third-order valence-corrected chi connectivity index (χ3v) is 6.16. The zero-order valence-electron chi connectivity index (χ0n) is 17.0. The first-order valence-electron chi connectivity index (χ1n) is 10.2. The molecule has 2 amide bonds. The summed E-state index contributed by atoms with van der Waals surface area (Å²) in [6.07, 6.45) is 4.89. The largest absolute Gasteiger partial charge is 0.343 e. The number of carbonyl (C=O) groups is 2. The highest BCUT2D eigenvalue weighted by Crippen LogP contribution is 2.44. The third-order valence-electron chi connectivity index (χ3n) is 6.16. The molecule has 152 valence electrons. The van der Waals surface area contributed by atoms with E-state index in [9.17, 15) is 9.59 Å². The minimum Gasteiger partial charge on any atom is -0.343 e. The average Bonchev–Trinajstić information content (AvgIpc) is 2.91. The highest BCUT2D eigenvalue weighted by Gasteiger charge is 2.37. The molecule has 1 aromatic carbocycles. The summed E-state index contributed by atoms with van der Waals surface area (Å²) in [5.74, 6) is -0.240. The van der Waals surface area contributed by atoms with Gasteiger partial charge >= 0.3 is 0 Å². The molecule has 0 radical (unpaired) electrons. The average molecular weight is 401 g/mol. The number of amides is 2. The predicted octanol–water partition coefficient (Wildman–Crippen LogP) is 2.18. The van der Waals surface area contributed by atoms with Crippen LogP contribution < -0.4 is 15.5 Å². The Morgan fingerprint density at radius 2 is 2.07 bits per heavy atom. The molecule has 5 rings (SSSR count). The molecule has 2 aromatic heterocycles. The van der Waals surface area contributed by atoms with E-state index in [0.717, 1.165) is 39.7 Å². The van der Waals surface area contributed by atoms with Gasteiger partial charge in [-0.05, 0) is 50.1 Å². The Bertz CT molecular complexity index is 1180. The van der Waals surface area contributed by atoms with Gasteiger partial charge in [-0.2, -0.15) is 0 Å². The fourth-order valence-electron chi connectivity index (χ4n) is 4.41. The summed E-state index contributed by atoms with van der Waals surface area (Å²) in [5, 5.41) is 6.83. The number of aryl methyl sites for hydroxylation is 1. The van der Waals surface area contributed by atoms with Crippen LogP contribution in [0.5, 0.6) is 0 Å². The SMILES string of the molecule is CNC(C)C(=O)NC1CCc2cccc3c2N(Cc2c-3cnc3ncccc23)C1=O. The molecule has 0 saturated carbocycles. The zero-order valence-corrected chi connectivity index (χ0v) is 17.0. The summed E-state index contributed by atoms with van der Waals surface area (Å²) in [5.41, 5.74) is 5.83. The minimum absolute atomic E-state index is 0.0719. The smallest absolute Gasteiger partial charge is 0.249 e. The number of hydrogen-bond donors (Lipinski definition) is 2. The molecule has 0 saturated heterocycles. The number of nitrogens with one attached hydrogen (secondary N) is 2. The van der Waals surface area contributed by atoms with E-state index in [1.807, 2.05) is 35.4 Å². The van der Waals surface area contributed by atoms with Gasteiger partial charge in [0.15, 0.2) is 5.65 Å². The number of aromatic nitrogens is 2. The van der Waals surface area contributed by atoms with Gasteiger partial charge in [0, 0.05) is 28.9 Å². The number of rotatable bonds is 3. The van der Waals surface area contributed by atoms with Gasteiger partial charge in [0.1, 0.15) is 6.04 Å². The second kappa shape index (κ2) is 7.18.